The van der Waals surface area contributed by atoms with E-state index in [1.807, 2.05) is 18.2 Å². The first kappa shape index (κ1) is 12.0. The van der Waals surface area contributed by atoms with Crippen molar-refractivity contribution in [3.63, 3.8) is 0 Å². The molecule has 0 bridgehead atoms. The number of hydrogen-bond donors (Lipinski definition) is 2. The standard InChI is InChI=1S/C14H12N2O2/c15-8-10-5-6-14(12(16)7-10)18-13-4-2-1-3-11(13)9-17/h1-7,17H,9,16H2. The van der Waals surface area contributed by atoms with E-state index >= 15 is 0 Å². The molecule has 0 saturated carbocycles. The summed E-state index contributed by atoms with van der Waals surface area (Å²) in [6.07, 6.45) is 0. The average Bonchev–Trinajstić information content (AvgIpc) is 2.41. The molecule has 2 aromatic carbocycles. The topological polar surface area (TPSA) is 79.3 Å². The monoisotopic (exact) mass is 240 g/mol. The molecule has 90 valence electrons. The van der Waals surface area contributed by atoms with Gasteiger partial charge in [-0.05, 0) is 24.3 Å². The van der Waals surface area contributed by atoms with Crippen molar-refractivity contribution in [2.24, 2.45) is 0 Å². The fourth-order valence-corrected chi connectivity index (χ4v) is 1.56. The van der Waals surface area contributed by atoms with Crippen molar-refractivity contribution < 1.29 is 9.84 Å². The number of anilines is 1. The summed E-state index contributed by atoms with van der Waals surface area (Å²) in [5.41, 5.74) is 7.35. The smallest absolute Gasteiger partial charge is 0.150 e. The molecule has 0 aliphatic heterocycles. The van der Waals surface area contributed by atoms with Gasteiger partial charge < -0.3 is 15.6 Å². The highest BCUT2D eigenvalue weighted by Gasteiger charge is 2.06. The molecule has 0 atom stereocenters. The Hall–Kier alpha value is -2.51. The SMILES string of the molecule is N#Cc1ccc(Oc2ccccc2CO)c(N)c1. The minimum atomic E-state index is -0.105. The first-order valence-corrected chi connectivity index (χ1v) is 5.41. The van der Waals surface area contributed by atoms with E-state index < -0.39 is 0 Å². The van der Waals surface area contributed by atoms with Crippen LogP contribution in [0.5, 0.6) is 11.5 Å². The van der Waals surface area contributed by atoms with E-state index in [9.17, 15) is 5.11 Å². The molecule has 0 aliphatic rings. The molecule has 2 rings (SSSR count). The van der Waals surface area contributed by atoms with Crippen LogP contribution in [0.2, 0.25) is 0 Å². The fraction of sp³-hybridized carbons (Fsp3) is 0.0714. The molecule has 0 aromatic heterocycles. The molecule has 0 amide bonds. The van der Waals surface area contributed by atoms with E-state index in [0.717, 1.165) is 0 Å². The largest absolute Gasteiger partial charge is 0.455 e. The van der Waals surface area contributed by atoms with E-state index in [2.05, 4.69) is 0 Å². The predicted octanol–water partition coefficient (Wildman–Crippen LogP) is 2.43. The number of benzene rings is 2. The molecular formula is C14H12N2O2. The molecule has 4 heteroatoms. The summed E-state index contributed by atoms with van der Waals surface area (Å²) < 4.78 is 5.64. The molecule has 4 nitrogen and oxygen atoms in total. The van der Waals surface area contributed by atoms with Gasteiger partial charge in [-0.3, -0.25) is 0 Å². The third-order valence-electron chi connectivity index (χ3n) is 2.50. The highest BCUT2D eigenvalue weighted by atomic mass is 16.5. The van der Waals surface area contributed by atoms with Gasteiger partial charge in [-0.1, -0.05) is 18.2 Å². The lowest BCUT2D eigenvalue weighted by Crippen LogP contribution is -1.95. The zero-order chi connectivity index (χ0) is 13.0. The summed E-state index contributed by atoms with van der Waals surface area (Å²) in [6.45, 7) is -0.105. The van der Waals surface area contributed by atoms with E-state index in [4.69, 9.17) is 15.7 Å². The highest BCUT2D eigenvalue weighted by Crippen LogP contribution is 2.30. The van der Waals surface area contributed by atoms with Crippen LogP contribution in [0, 0.1) is 11.3 Å². The number of aliphatic hydroxyl groups excluding tert-OH is 1. The molecule has 0 fully saturated rings. The van der Waals surface area contributed by atoms with Crippen LogP contribution in [-0.4, -0.2) is 5.11 Å². The second-order valence-corrected chi connectivity index (χ2v) is 3.73. The van der Waals surface area contributed by atoms with Gasteiger partial charge in [-0.2, -0.15) is 5.26 Å². The van der Waals surface area contributed by atoms with Crippen molar-refractivity contribution in [3.05, 3.63) is 53.6 Å². The minimum Gasteiger partial charge on any atom is -0.455 e. The Balaban J connectivity index is 2.32. The molecule has 2 aromatic rings. The number of nitrogens with zero attached hydrogens (tertiary/aromatic N) is 1. The highest BCUT2D eigenvalue weighted by molar-refractivity contribution is 5.58. The molecule has 0 radical (unpaired) electrons. The lowest BCUT2D eigenvalue weighted by molar-refractivity contribution is 0.276. The van der Waals surface area contributed by atoms with Crippen molar-refractivity contribution in [2.45, 2.75) is 6.61 Å². The lowest BCUT2D eigenvalue weighted by atomic mass is 10.2. The number of nitrogen functional groups attached to an aromatic ring is 1. The summed E-state index contributed by atoms with van der Waals surface area (Å²) in [6, 6.07) is 14.0. The molecular weight excluding hydrogens is 228 g/mol. The van der Waals surface area contributed by atoms with Crippen LogP contribution in [0.3, 0.4) is 0 Å². The number of nitrogens with two attached hydrogens (primary N) is 1. The van der Waals surface area contributed by atoms with Crippen LogP contribution in [0.1, 0.15) is 11.1 Å². The Kier molecular flexibility index (Phi) is 3.46. The van der Waals surface area contributed by atoms with E-state index in [1.165, 1.54) is 0 Å². The van der Waals surface area contributed by atoms with Crippen LogP contribution < -0.4 is 10.5 Å². The summed E-state index contributed by atoms with van der Waals surface area (Å²) in [4.78, 5) is 0. The van der Waals surface area contributed by atoms with Crippen LogP contribution >= 0.6 is 0 Å². The summed E-state index contributed by atoms with van der Waals surface area (Å²) in [5.74, 6) is 1.02. The van der Waals surface area contributed by atoms with Crippen molar-refractivity contribution in [1.82, 2.24) is 0 Å². The minimum absolute atomic E-state index is 0.105. The van der Waals surface area contributed by atoms with Crippen LogP contribution in [0.15, 0.2) is 42.5 Å². The molecule has 18 heavy (non-hydrogen) atoms. The van der Waals surface area contributed by atoms with E-state index in [0.29, 0.717) is 28.3 Å². The molecule has 0 saturated heterocycles. The maximum Gasteiger partial charge on any atom is 0.150 e. The lowest BCUT2D eigenvalue weighted by Gasteiger charge is -2.11. The molecule has 0 aliphatic carbocycles. The average molecular weight is 240 g/mol. The van der Waals surface area contributed by atoms with Gasteiger partial charge in [-0.15, -0.1) is 0 Å². The summed E-state index contributed by atoms with van der Waals surface area (Å²) in [7, 11) is 0. The zero-order valence-corrected chi connectivity index (χ0v) is 9.63. The normalized spacial score (nSPS) is 9.78. The Morgan fingerprint density at radius 3 is 2.61 bits per heavy atom. The zero-order valence-electron chi connectivity index (χ0n) is 9.63. The molecule has 0 heterocycles. The van der Waals surface area contributed by atoms with Gasteiger partial charge in [0.15, 0.2) is 0 Å². The van der Waals surface area contributed by atoms with Gasteiger partial charge in [0.1, 0.15) is 11.5 Å². The number of nitriles is 1. The number of aliphatic hydroxyl groups is 1. The summed E-state index contributed by atoms with van der Waals surface area (Å²) >= 11 is 0. The maximum absolute atomic E-state index is 9.19. The van der Waals surface area contributed by atoms with Crippen molar-refractivity contribution in [1.29, 1.82) is 5.26 Å². The Bertz CT molecular complexity index is 603. The number of rotatable bonds is 3. The number of ether oxygens (including phenoxy) is 1. The quantitative estimate of drug-likeness (QED) is 0.807. The van der Waals surface area contributed by atoms with Crippen molar-refractivity contribution in [3.8, 4) is 17.6 Å². The Labute approximate surface area is 105 Å². The predicted molar refractivity (Wildman–Crippen MR) is 68.0 cm³/mol. The number of hydrogen-bond acceptors (Lipinski definition) is 4. The van der Waals surface area contributed by atoms with E-state index in [-0.39, 0.29) is 6.61 Å². The molecule has 0 spiro atoms. The Morgan fingerprint density at radius 2 is 1.94 bits per heavy atom. The first-order chi connectivity index (χ1) is 8.74. The van der Waals surface area contributed by atoms with Gasteiger partial charge in [0.05, 0.1) is 23.9 Å². The van der Waals surface area contributed by atoms with Crippen LogP contribution in [0.4, 0.5) is 5.69 Å². The maximum atomic E-state index is 9.19. The van der Waals surface area contributed by atoms with E-state index in [1.54, 1.807) is 30.3 Å². The van der Waals surface area contributed by atoms with Gasteiger partial charge >= 0.3 is 0 Å². The van der Waals surface area contributed by atoms with Crippen LogP contribution in [0.25, 0.3) is 0 Å². The van der Waals surface area contributed by atoms with Gasteiger partial charge in [0, 0.05) is 5.56 Å². The number of para-hydroxylation sites is 1. The first-order valence-electron chi connectivity index (χ1n) is 5.41. The van der Waals surface area contributed by atoms with Gasteiger partial charge in [0.2, 0.25) is 0 Å². The third kappa shape index (κ3) is 2.42. The molecule has 0 unspecified atom stereocenters. The van der Waals surface area contributed by atoms with Crippen LogP contribution in [-0.2, 0) is 6.61 Å². The fourth-order valence-electron chi connectivity index (χ4n) is 1.56. The molecule has 3 N–H and O–H groups in total. The van der Waals surface area contributed by atoms with Crippen molar-refractivity contribution in [2.75, 3.05) is 5.73 Å². The van der Waals surface area contributed by atoms with Gasteiger partial charge in [-0.25, -0.2) is 0 Å². The second-order valence-electron chi connectivity index (χ2n) is 3.73. The second kappa shape index (κ2) is 5.21. The summed E-state index contributed by atoms with van der Waals surface area (Å²) in [5, 5.41) is 17.9. The third-order valence-corrected chi connectivity index (χ3v) is 2.50. The van der Waals surface area contributed by atoms with Gasteiger partial charge in [0.25, 0.3) is 0 Å². The Morgan fingerprint density at radius 1 is 1.17 bits per heavy atom. The van der Waals surface area contributed by atoms with Crippen molar-refractivity contribution >= 4 is 5.69 Å².